The Kier molecular flexibility index (Phi) is 3.16. The van der Waals surface area contributed by atoms with Gasteiger partial charge in [0.05, 0.1) is 0 Å². The average molecular weight is 296 g/mol. The van der Waals surface area contributed by atoms with Crippen LogP contribution in [-0.4, -0.2) is 0 Å². The molecule has 0 saturated carbocycles. The molecule has 0 aromatic heterocycles. The summed E-state index contributed by atoms with van der Waals surface area (Å²) >= 11 is 12.4. The first-order valence-electron chi connectivity index (χ1n) is 2.90. The van der Waals surface area contributed by atoms with Crippen molar-refractivity contribution in [3.05, 3.63) is 39.8 Å². The normalized spacial score (nSPS) is 9.73. The van der Waals surface area contributed by atoms with E-state index < -0.39 is 0 Å². The molecule has 3 heteroatoms. The minimum absolute atomic E-state index is 0.704. The van der Waals surface area contributed by atoms with E-state index in [1.54, 1.807) is 0 Å². The molecule has 11 heavy (non-hydrogen) atoms. The molecule has 0 aliphatic carbocycles. The van der Waals surface area contributed by atoms with E-state index in [0.29, 0.717) is 5.02 Å². The highest BCUT2D eigenvalue weighted by atomic mass is 79.9. The SMILES string of the molecule is C=C(Br)c1cc(Cl)cc(Br)c1. The molecule has 1 rings (SSSR count). The van der Waals surface area contributed by atoms with Crippen molar-refractivity contribution in [1.29, 1.82) is 0 Å². The summed E-state index contributed by atoms with van der Waals surface area (Å²) in [5.41, 5.74) is 0.990. The van der Waals surface area contributed by atoms with Crippen molar-refractivity contribution < 1.29 is 0 Å². The maximum atomic E-state index is 5.80. The summed E-state index contributed by atoms with van der Waals surface area (Å²) in [7, 11) is 0. The zero-order valence-corrected chi connectivity index (χ0v) is 9.50. The third kappa shape index (κ3) is 2.62. The van der Waals surface area contributed by atoms with Crippen LogP contribution in [0.1, 0.15) is 5.56 Å². The fourth-order valence-electron chi connectivity index (χ4n) is 0.710. The Morgan fingerprint density at radius 1 is 1.36 bits per heavy atom. The molecule has 0 spiro atoms. The van der Waals surface area contributed by atoms with Crippen LogP contribution < -0.4 is 0 Å². The molecule has 0 heterocycles. The fourth-order valence-corrected chi connectivity index (χ4v) is 1.80. The average Bonchev–Trinajstić information content (AvgIpc) is 1.85. The van der Waals surface area contributed by atoms with Gasteiger partial charge in [0.25, 0.3) is 0 Å². The van der Waals surface area contributed by atoms with Crippen LogP contribution in [0.2, 0.25) is 5.02 Å². The zero-order valence-electron chi connectivity index (χ0n) is 5.57. The molecule has 0 amide bonds. The van der Waals surface area contributed by atoms with E-state index in [2.05, 4.69) is 38.4 Å². The molecule has 0 N–H and O–H groups in total. The lowest BCUT2D eigenvalue weighted by Gasteiger charge is -1.99. The summed E-state index contributed by atoms with van der Waals surface area (Å²) in [5.74, 6) is 0. The molecule has 0 radical (unpaired) electrons. The predicted octanol–water partition coefficient (Wildman–Crippen LogP) is 4.47. The largest absolute Gasteiger partial charge is 0.0843 e. The summed E-state index contributed by atoms with van der Waals surface area (Å²) in [6, 6.07) is 5.63. The third-order valence-corrected chi connectivity index (χ3v) is 2.31. The Morgan fingerprint density at radius 2 is 2.00 bits per heavy atom. The Hall–Kier alpha value is 0.210. The quantitative estimate of drug-likeness (QED) is 0.717. The third-order valence-electron chi connectivity index (χ3n) is 1.18. The number of hydrogen-bond donors (Lipinski definition) is 0. The molecule has 0 saturated heterocycles. The van der Waals surface area contributed by atoms with E-state index in [4.69, 9.17) is 11.6 Å². The highest BCUT2D eigenvalue weighted by molar-refractivity contribution is 9.15. The molecule has 1 aromatic carbocycles. The number of rotatable bonds is 1. The van der Waals surface area contributed by atoms with Gasteiger partial charge in [-0.3, -0.25) is 0 Å². The highest BCUT2D eigenvalue weighted by Gasteiger charge is 1.98. The summed E-state index contributed by atoms with van der Waals surface area (Å²) in [6.45, 7) is 3.74. The smallest absolute Gasteiger partial charge is 0.0423 e. The molecular weight excluding hydrogens is 291 g/mol. The molecule has 0 nitrogen and oxygen atoms in total. The van der Waals surface area contributed by atoms with Crippen LogP contribution in [0.25, 0.3) is 4.48 Å². The van der Waals surface area contributed by atoms with Crippen molar-refractivity contribution in [3.8, 4) is 0 Å². The summed E-state index contributed by atoms with van der Waals surface area (Å²) < 4.78 is 1.79. The summed E-state index contributed by atoms with van der Waals surface area (Å²) in [5, 5.41) is 0.704. The van der Waals surface area contributed by atoms with Crippen molar-refractivity contribution in [2.24, 2.45) is 0 Å². The second-order valence-electron chi connectivity index (χ2n) is 2.06. The van der Waals surface area contributed by atoms with Crippen molar-refractivity contribution in [1.82, 2.24) is 0 Å². The van der Waals surface area contributed by atoms with Crippen molar-refractivity contribution >= 4 is 47.9 Å². The van der Waals surface area contributed by atoms with Gasteiger partial charge in [-0.2, -0.15) is 0 Å². The van der Waals surface area contributed by atoms with Crippen LogP contribution in [0.5, 0.6) is 0 Å². The lowest BCUT2D eigenvalue weighted by Crippen LogP contribution is -1.75. The number of benzene rings is 1. The van der Waals surface area contributed by atoms with Gasteiger partial charge in [0.15, 0.2) is 0 Å². The van der Waals surface area contributed by atoms with E-state index in [-0.39, 0.29) is 0 Å². The van der Waals surface area contributed by atoms with Crippen LogP contribution in [0.3, 0.4) is 0 Å². The van der Waals surface area contributed by atoms with Crippen LogP contribution in [0.15, 0.2) is 29.3 Å². The van der Waals surface area contributed by atoms with E-state index >= 15 is 0 Å². The number of hydrogen-bond acceptors (Lipinski definition) is 0. The lowest BCUT2D eigenvalue weighted by atomic mass is 10.2. The molecule has 0 aliphatic rings. The molecule has 0 bridgehead atoms. The van der Waals surface area contributed by atoms with Crippen LogP contribution in [-0.2, 0) is 0 Å². The standard InChI is InChI=1S/C8H5Br2Cl/c1-5(9)6-2-7(10)4-8(11)3-6/h2-4H,1H2. The molecule has 0 aliphatic heterocycles. The summed E-state index contributed by atoms with van der Waals surface area (Å²) in [6.07, 6.45) is 0. The van der Waals surface area contributed by atoms with Crippen molar-refractivity contribution in [2.75, 3.05) is 0 Å². The van der Waals surface area contributed by atoms with E-state index in [1.807, 2.05) is 18.2 Å². The topological polar surface area (TPSA) is 0 Å². The minimum atomic E-state index is 0.704. The molecular formula is C8H5Br2Cl. The lowest BCUT2D eigenvalue weighted by molar-refractivity contribution is 1.61. The van der Waals surface area contributed by atoms with Gasteiger partial charge in [-0.05, 0) is 23.8 Å². The first kappa shape index (κ1) is 9.30. The molecule has 1 aromatic rings. The van der Waals surface area contributed by atoms with Crippen LogP contribution in [0, 0.1) is 0 Å². The number of halogens is 3. The second kappa shape index (κ2) is 3.74. The van der Waals surface area contributed by atoms with Gasteiger partial charge in [-0.15, -0.1) is 0 Å². The van der Waals surface area contributed by atoms with E-state index in [1.165, 1.54) is 0 Å². The Labute approximate surface area is 87.5 Å². The second-order valence-corrected chi connectivity index (χ2v) is 4.37. The van der Waals surface area contributed by atoms with Crippen LogP contribution >= 0.6 is 43.5 Å². The van der Waals surface area contributed by atoms with Gasteiger partial charge in [0.2, 0.25) is 0 Å². The fraction of sp³-hybridized carbons (Fsp3) is 0. The molecule has 0 unspecified atom stereocenters. The first-order valence-corrected chi connectivity index (χ1v) is 4.87. The van der Waals surface area contributed by atoms with Crippen LogP contribution in [0.4, 0.5) is 0 Å². The van der Waals surface area contributed by atoms with Gasteiger partial charge in [0, 0.05) is 14.0 Å². The Bertz CT molecular complexity index is 274. The summed E-state index contributed by atoms with van der Waals surface area (Å²) in [4.78, 5) is 0. The predicted molar refractivity (Wildman–Crippen MR) is 57.1 cm³/mol. The monoisotopic (exact) mass is 294 g/mol. The molecule has 58 valence electrons. The van der Waals surface area contributed by atoms with E-state index in [9.17, 15) is 0 Å². The van der Waals surface area contributed by atoms with Gasteiger partial charge < -0.3 is 0 Å². The van der Waals surface area contributed by atoms with Gasteiger partial charge in [-0.1, -0.05) is 50.0 Å². The Morgan fingerprint density at radius 3 is 2.45 bits per heavy atom. The van der Waals surface area contributed by atoms with Gasteiger partial charge in [-0.25, -0.2) is 0 Å². The van der Waals surface area contributed by atoms with Crippen molar-refractivity contribution in [3.63, 3.8) is 0 Å². The van der Waals surface area contributed by atoms with Gasteiger partial charge in [0.1, 0.15) is 0 Å². The first-order chi connectivity index (χ1) is 5.09. The molecule has 0 atom stereocenters. The maximum absolute atomic E-state index is 5.80. The van der Waals surface area contributed by atoms with Gasteiger partial charge >= 0.3 is 0 Å². The Balaban J connectivity index is 3.19. The van der Waals surface area contributed by atoms with Crippen molar-refractivity contribution in [2.45, 2.75) is 0 Å². The minimum Gasteiger partial charge on any atom is -0.0843 e. The van der Waals surface area contributed by atoms with E-state index in [0.717, 1.165) is 14.5 Å². The maximum Gasteiger partial charge on any atom is 0.0423 e. The highest BCUT2D eigenvalue weighted by Crippen LogP contribution is 2.26. The molecule has 0 fully saturated rings. The zero-order chi connectivity index (χ0) is 8.43.